The molecule has 0 saturated carbocycles. The summed E-state index contributed by atoms with van der Waals surface area (Å²) in [4.78, 5) is 32.5. The molecular formula is C23H26N8O2S2. The van der Waals surface area contributed by atoms with E-state index in [1.807, 2.05) is 12.1 Å². The smallest absolute Gasteiger partial charge is 0.232 e. The second-order valence-electron chi connectivity index (χ2n) is 7.29. The average molecular weight is 511 g/mol. The van der Waals surface area contributed by atoms with Crippen LogP contribution < -0.4 is 10.6 Å². The normalized spacial score (nSPS) is 11.5. The quantitative estimate of drug-likeness (QED) is 0.203. The Labute approximate surface area is 211 Å². The number of aliphatic imine (C=N–C) groups is 1. The minimum atomic E-state index is -0.193. The van der Waals surface area contributed by atoms with Crippen molar-refractivity contribution < 1.29 is 9.59 Å². The Morgan fingerprint density at radius 2 is 1.66 bits per heavy atom. The van der Waals surface area contributed by atoms with Gasteiger partial charge in [-0.1, -0.05) is 47.5 Å². The minimum absolute atomic E-state index is 0.156. The molecule has 3 aromatic rings. The Kier molecular flexibility index (Phi) is 10.3. The Bertz CT molecular complexity index is 1190. The number of amides is 2. The van der Waals surface area contributed by atoms with Crippen molar-refractivity contribution in [3.8, 4) is 0 Å². The van der Waals surface area contributed by atoms with Crippen LogP contribution in [0.3, 0.4) is 0 Å². The highest BCUT2D eigenvalue weighted by Crippen LogP contribution is 2.20. The lowest BCUT2D eigenvalue weighted by atomic mass is 10.2. The van der Waals surface area contributed by atoms with Gasteiger partial charge in [0, 0.05) is 37.5 Å². The predicted molar refractivity (Wildman–Crippen MR) is 139 cm³/mol. The van der Waals surface area contributed by atoms with Gasteiger partial charge in [-0.15, -0.1) is 20.4 Å². The zero-order chi connectivity index (χ0) is 24.9. The lowest BCUT2D eigenvalue weighted by Gasteiger charge is -2.00. The van der Waals surface area contributed by atoms with Gasteiger partial charge >= 0.3 is 0 Å². The van der Waals surface area contributed by atoms with Gasteiger partial charge in [-0.05, 0) is 31.1 Å². The number of hydrogen-bond donors (Lipinski definition) is 2. The van der Waals surface area contributed by atoms with Gasteiger partial charge in [-0.25, -0.2) is 0 Å². The molecule has 12 heteroatoms. The molecule has 0 aliphatic carbocycles. The number of carbonyl (C=O) groups is 2. The second-order valence-corrected chi connectivity index (χ2v) is 9.41. The fourth-order valence-electron chi connectivity index (χ4n) is 2.91. The Hall–Kier alpha value is -3.64. The molecule has 2 N–H and O–H groups in total. The van der Waals surface area contributed by atoms with Gasteiger partial charge in [-0.2, -0.15) is 0 Å². The molecule has 0 unspecified atom stereocenters. The number of aryl methyl sites for hydroxylation is 2. The summed E-state index contributed by atoms with van der Waals surface area (Å²) in [6, 6.07) is 5.46. The van der Waals surface area contributed by atoms with Crippen molar-refractivity contribution in [3.63, 3.8) is 0 Å². The number of aromatic nitrogens is 5. The third kappa shape index (κ3) is 9.26. The summed E-state index contributed by atoms with van der Waals surface area (Å²) in [7, 11) is 1.64. The number of rotatable bonds is 13. The number of pyridine rings is 1. The monoisotopic (exact) mass is 510 g/mol. The van der Waals surface area contributed by atoms with Crippen LogP contribution in [0.25, 0.3) is 0 Å². The van der Waals surface area contributed by atoms with Gasteiger partial charge in [0.15, 0.2) is 0 Å². The van der Waals surface area contributed by atoms with Gasteiger partial charge < -0.3 is 10.6 Å². The summed E-state index contributed by atoms with van der Waals surface area (Å²) in [6.45, 7) is 3.61. The van der Waals surface area contributed by atoms with Gasteiger partial charge in [0.1, 0.15) is 10.0 Å². The first-order valence-electron chi connectivity index (χ1n) is 10.9. The molecule has 0 radical (unpaired) electrons. The van der Waals surface area contributed by atoms with Crippen LogP contribution in [0.4, 0.5) is 10.3 Å². The van der Waals surface area contributed by atoms with Crippen molar-refractivity contribution in [1.82, 2.24) is 25.4 Å². The first-order valence-corrected chi connectivity index (χ1v) is 12.6. The first kappa shape index (κ1) is 26.0. The van der Waals surface area contributed by atoms with Crippen molar-refractivity contribution in [2.45, 2.75) is 38.5 Å². The molecule has 35 heavy (non-hydrogen) atoms. The molecule has 0 aliphatic heterocycles. The van der Waals surface area contributed by atoms with E-state index in [1.165, 1.54) is 22.7 Å². The standard InChI is InChI=1S/C23H26N8O2S2/c1-3-4-9-16(24-2)14-18(32)26-22-30-28-20(34-22)11-5-6-12-21-29-31-23(35-21)27-19(33)15-17-10-7-8-13-25-17/h3-4,7-10,13H,1,5-6,11-12,14-15H2,2H3,(H,26,30,32)(H,27,31,33)/b9-4-,24-16?. The zero-order valence-corrected chi connectivity index (χ0v) is 20.9. The minimum Gasteiger partial charge on any atom is -0.300 e. The van der Waals surface area contributed by atoms with Crippen LogP contribution in [-0.2, 0) is 28.9 Å². The lowest BCUT2D eigenvalue weighted by Crippen LogP contribution is -2.15. The Morgan fingerprint density at radius 1 is 1.00 bits per heavy atom. The van der Waals surface area contributed by atoms with Crippen molar-refractivity contribution in [2.24, 2.45) is 4.99 Å². The lowest BCUT2D eigenvalue weighted by molar-refractivity contribution is -0.116. The van der Waals surface area contributed by atoms with E-state index >= 15 is 0 Å². The van der Waals surface area contributed by atoms with Crippen molar-refractivity contribution in [1.29, 1.82) is 0 Å². The highest BCUT2D eigenvalue weighted by atomic mass is 32.1. The molecule has 3 rings (SSSR count). The molecule has 10 nitrogen and oxygen atoms in total. The summed E-state index contributed by atoms with van der Waals surface area (Å²) < 4.78 is 0. The van der Waals surface area contributed by atoms with E-state index < -0.39 is 0 Å². The molecule has 0 atom stereocenters. The SMILES string of the molecule is C=C/C=C\C(CC(=O)Nc1nnc(CCCCc2nnc(NC(=O)Cc3ccccn3)s2)s1)=NC. The maximum absolute atomic E-state index is 12.2. The van der Waals surface area contributed by atoms with Crippen LogP contribution in [-0.4, -0.2) is 50.0 Å². The molecule has 0 aliphatic rings. The highest BCUT2D eigenvalue weighted by Gasteiger charge is 2.11. The van der Waals surface area contributed by atoms with Gasteiger partial charge in [-0.3, -0.25) is 19.6 Å². The summed E-state index contributed by atoms with van der Waals surface area (Å²) in [5.41, 5.74) is 1.36. The fraction of sp³-hybridized carbons (Fsp3) is 0.304. The third-order valence-corrected chi connectivity index (χ3v) is 6.38. The number of nitrogens with one attached hydrogen (secondary N) is 2. The van der Waals surface area contributed by atoms with E-state index in [0.29, 0.717) is 21.7 Å². The van der Waals surface area contributed by atoms with E-state index in [-0.39, 0.29) is 24.7 Å². The maximum atomic E-state index is 12.2. The largest absolute Gasteiger partial charge is 0.300 e. The number of nitrogens with zero attached hydrogens (tertiary/aromatic N) is 6. The molecule has 3 aromatic heterocycles. The third-order valence-electron chi connectivity index (χ3n) is 4.58. The molecule has 2 amide bonds. The predicted octanol–water partition coefficient (Wildman–Crippen LogP) is 3.67. The summed E-state index contributed by atoms with van der Waals surface area (Å²) in [6.07, 6.45) is 10.4. The van der Waals surface area contributed by atoms with Crippen LogP contribution in [0, 0.1) is 0 Å². The number of anilines is 2. The van der Waals surface area contributed by atoms with Gasteiger partial charge in [0.2, 0.25) is 22.1 Å². The Morgan fingerprint density at radius 3 is 2.23 bits per heavy atom. The molecule has 182 valence electrons. The first-order chi connectivity index (χ1) is 17.1. The highest BCUT2D eigenvalue weighted by molar-refractivity contribution is 7.15. The molecule has 0 fully saturated rings. The van der Waals surface area contributed by atoms with Crippen LogP contribution >= 0.6 is 22.7 Å². The van der Waals surface area contributed by atoms with Crippen molar-refractivity contribution in [2.75, 3.05) is 17.7 Å². The van der Waals surface area contributed by atoms with E-state index in [1.54, 1.807) is 37.5 Å². The molecular weight excluding hydrogens is 484 g/mol. The summed E-state index contributed by atoms with van der Waals surface area (Å²) >= 11 is 2.74. The van der Waals surface area contributed by atoms with Gasteiger partial charge in [0.05, 0.1) is 12.8 Å². The van der Waals surface area contributed by atoms with E-state index in [4.69, 9.17) is 0 Å². The number of allylic oxidation sites excluding steroid dienone is 3. The summed E-state index contributed by atoms with van der Waals surface area (Å²) in [5, 5.41) is 24.6. The van der Waals surface area contributed by atoms with E-state index in [9.17, 15) is 9.59 Å². The van der Waals surface area contributed by atoms with Crippen LogP contribution in [0.1, 0.15) is 35.0 Å². The van der Waals surface area contributed by atoms with Crippen molar-refractivity contribution >= 4 is 50.5 Å². The van der Waals surface area contributed by atoms with Crippen LogP contribution in [0.5, 0.6) is 0 Å². The number of unbranched alkanes of at least 4 members (excludes halogenated alkanes) is 1. The zero-order valence-electron chi connectivity index (χ0n) is 19.3. The molecule has 0 spiro atoms. The maximum Gasteiger partial charge on any atom is 0.232 e. The number of carbonyl (C=O) groups excluding carboxylic acids is 2. The van der Waals surface area contributed by atoms with E-state index in [0.717, 1.165) is 35.7 Å². The fourth-order valence-corrected chi connectivity index (χ4v) is 4.51. The molecule has 0 bridgehead atoms. The van der Waals surface area contributed by atoms with E-state index in [2.05, 4.69) is 47.6 Å². The molecule has 0 aromatic carbocycles. The molecule has 0 saturated heterocycles. The van der Waals surface area contributed by atoms with Gasteiger partial charge in [0.25, 0.3) is 0 Å². The van der Waals surface area contributed by atoms with Crippen molar-refractivity contribution in [3.05, 3.63) is 64.9 Å². The topological polar surface area (TPSA) is 135 Å². The summed E-state index contributed by atoms with van der Waals surface area (Å²) in [5.74, 6) is -0.363. The second kappa shape index (κ2) is 13.9. The van der Waals surface area contributed by atoms with Crippen LogP contribution in [0.15, 0.2) is 54.2 Å². The average Bonchev–Trinajstić information content (AvgIpc) is 3.49. The van der Waals surface area contributed by atoms with Crippen LogP contribution in [0.2, 0.25) is 0 Å². The number of hydrogen-bond acceptors (Lipinski definition) is 10. The Balaban J connectivity index is 1.36. The molecule has 3 heterocycles.